The molecule has 0 spiro atoms. The van der Waals surface area contributed by atoms with Gasteiger partial charge in [0.1, 0.15) is 11.5 Å². The molecule has 192 valence electrons. The molecule has 7 nitrogen and oxygen atoms in total. The van der Waals surface area contributed by atoms with E-state index in [-0.39, 0.29) is 6.04 Å². The fourth-order valence-corrected chi connectivity index (χ4v) is 4.88. The maximum Gasteiger partial charge on any atom is 0.417 e. The van der Waals surface area contributed by atoms with Crippen molar-refractivity contribution in [3.63, 3.8) is 0 Å². The molecule has 1 fully saturated rings. The zero-order valence-electron chi connectivity index (χ0n) is 20.2. The van der Waals surface area contributed by atoms with E-state index >= 15 is 0 Å². The summed E-state index contributed by atoms with van der Waals surface area (Å²) in [6, 6.07) is 11.6. The predicted octanol–water partition coefficient (Wildman–Crippen LogP) is 4.93. The van der Waals surface area contributed by atoms with Crippen molar-refractivity contribution in [3.05, 3.63) is 71.7 Å². The highest BCUT2D eigenvalue weighted by atomic mass is 19.4. The minimum Gasteiger partial charge on any atom is -0.354 e. The highest BCUT2D eigenvalue weighted by Gasteiger charge is 2.37. The number of aryl methyl sites for hydroxylation is 1. The number of nitrogens with zero attached hydrogens (tertiary/aromatic N) is 6. The van der Waals surface area contributed by atoms with Gasteiger partial charge in [0.2, 0.25) is 0 Å². The Morgan fingerprint density at radius 3 is 2.41 bits per heavy atom. The second-order valence-electron chi connectivity index (χ2n) is 9.08. The van der Waals surface area contributed by atoms with Gasteiger partial charge in [-0.05, 0) is 37.1 Å². The van der Waals surface area contributed by atoms with Crippen molar-refractivity contribution in [2.75, 3.05) is 25.0 Å². The van der Waals surface area contributed by atoms with E-state index in [1.54, 1.807) is 10.9 Å². The summed E-state index contributed by atoms with van der Waals surface area (Å²) < 4.78 is 55.5. The number of rotatable bonds is 4. The number of hydrogen-bond donors (Lipinski definition) is 0. The average Bonchev–Trinajstić information content (AvgIpc) is 3.32. The second kappa shape index (κ2) is 9.45. The van der Waals surface area contributed by atoms with Gasteiger partial charge < -0.3 is 9.80 Å². The molecule has 3 heterocycles. The zero-order valence-corrected chi connectivity index (χ0v) is 20.2. The molecule has 2 aromatic carbocycles. The summed E-state index contributed by atoms with van der Waals surface area (Å²) in [6.45, 7) is 1.09. The van der Waals surface area contributed by atoms with Gasteiger partial charge in [0, 0.05) is 50.2 Å². The van der Waals surface area contributed by atoms with E-state index in [1.165, 1.54) is 11.9 Å². The minimum absolute atomic E-state index is 0.275. The molecule has 0 saturated carbocycles. The van der Waals surface area contributed by atoms with Crippen molar-refractivity contribution in [2.45, 2.75) is 25.1 Å². The number of amides is 1. The van der Waals surface area contributed by atoms with Crippen molar-refractivity contribution in [2.24, 2.45) is 7.05 Å². The summed E-state index contributed by atoms with van der Waals surface area (Å²) >= 11 is 0. The highest BCUT2D eigenvalue weighted by Crippen LogP contribution is 2.35. The van der Waals surface area contributed by atoms with E-state index in [4.69, 9.17) is 0 Å². The van der Waals surface area contributed by atoms with Crippen LogP contribution in [0.4, 0.5) is 23.4 Å². The van der Waals surface area contributed by atoms with E-state index in [0.29, 0.717) is 37.8 Å². The number of fused-ring (bicyclic) bond motifs is 1. The number of halogens is 4. The smallest absolute Gasteiger partial charge is 0.354 e. The fraction of sp³-hybridized carbons (Fsp3) is 0.308. The Morgan fingerprint density at radius 1 is 1.05 bits per heavy atom. The molecule has 0 N–H and O–H groups in total. The SMILES string of the molecule is Cn1nccc1-c1nnc(N2CCC(N([14CH3])C(=O)c3ccc(F)cc3C(F)(F)F)CC2)c2ccccc12. The molecule has 1 saturated heterocycles. The van der Waals surface area contributed by atoms with Crippen LogP contribution in [0.25, 0.3) is 22.2 Å². The Labute approximate surface area is 210 Å². The first kappa shape index (κ1) is 24.7. The number of piperidine rings is 1. The van der Waals surface area contributed by atoms with Gasteiger partial charge in [-0.3, -0.25) is 9.48 Å². The molecule has 0 atom stereocenters. The maximum absolute atomic E-state index is 13.5. The molecular formula is C26H24F4N6O. The van der Waals surface area contributed by atoms with Gasteiger partial charge in [-0.1, -0.05) is 24.3 Å². The average molecular weight is 515 g/mol. The number of aromatic nitrogens is 4. The fourth-order valence-electron chi connectivity index (χ4n) is 4.88. The summed E-state index contributed by atoms with van der Waals surface area (Å²) in [7, 11) is 3.33. The Hall–Kier alpha value is -4.02. The van der Waals surface area contributed by atoms with Crippen LogP contribution in [0.3, 0.4) is 0 Å². The first-order chi connectivity index (χ1) is 17.6. The van der Waals surface area contributed by atoms with Crippen molar-refractivity contribution in [3.8, 4) is 11.4 Å². The third-order valence-corrected chi connectivity index (χ3v) is 6.88. The minimum atomic E-state index is -4.83. The number of carbonyl (C=O) groups excluding carboxylic acids is 1. The third-order valence-electron chi connectivity index (χ3n) is 6.88. The molecule has 2 aromatic heterocycles. The Kier molecular flexibility index (Phi) is 6.30. The molecular weight excluding hydrogens is 490 g/mol. The molecule has 1 aliphatic rings. The lowest BCUT2D eigenvalue weighted by Gasteiger charge is -2.37. The van der Waals surface area contributed by atoms with Crippen LogP contribution < -0.4 is 4.90 Å². The van der Waals surface area contributed by atoms with Gasteiger partial charge >= 0.3 is 6.18 Å². The van der Waals surface area contributed by atoms with E-state index in [9.17, 15) is 22.4 Å². The van der Waals surface area contributed by atoms with Gasteiger partial charge in [0.15, 0.2) is 5.82 Å². The zero-order chi connectivity index (χ0) is 26.3. The second-order valence-corrected chi connectivity index (χ2v) is 9.08. The van der Waals surface area contributed by atoms with Crippen LogP contribution in [0.15, 0.2) is 54.7 Å². The molecule has 0 unspecified atom stereocenters. The van der Waals surface area contributed by atoms with Gasteiger partial charge in [-0.25, -0.2) is 4.39 Å². The lowest BCUT2D eigenvalue weighted by molar-refractivity contribution is -0.138. The van der Waals surface area contributed by atoms with Crippen LogP contribution in [0.5, 0.6) is 0 Å². The molecule has 1 amide bonds. The van der Waals surface area contributed by atoms with E-state index < -0.39 is 29.0 Å². The van der Waals surface area contributed by atoms with Crippen molar-refractivity contribution < 1.29 is 22.4 Å². The normalized spacial score (nSPS) is 14.8. The Bertz CT molecular complexity index is 1460. The Morgan fingerprint density at radius 2 is 1.76 bits per heavy atom. The van der Waals surface area contributed by atoms with E-state index in [1.807, 2.05) is 37.4 Å². The molecule has 37 heavy (non-hydrogen) atoms. The topological polar surface area (TPSA) is 67.2 Å². The monoisotopic (exact) mass is 514 g/mol. The van der Waals surface area contributed by atoms with Crippen LogP contribution in [-0.2, 0) is 13.2 Å². The summed E-state index contributed by atoms with van der Waals surface area (Å²) in [5.41, 5.74) is -0.258. The number of anilines is 1. The third kappa shape index (κ3) is 4.61. The number of carbonyl (C=O) groups is 1. The summed E-state index contributed by atoms with van der Waals surface area (Å²) in [6.07, 6.45) is -2.07. The summed E-state index contributed by atoms with van der Waals surface area (Å²) in [5.74, 6) is -1.11. The van der Waals surface area contributed by atoms with E-state index in [0.717, 1.165) is 34.3 Å². The maximum atomic E-state index is 13.5. The molecule has 4 aromatic rings. The quantitative estimate of drug-likeness (QED) is 0.362. The van der Waals surface area contributed by atoms with Crippen molar-refractivity contribution in [1.29, 1.82) is 0 Å². The number of benzene rings is 2. The van der Waals surface area contributed by atoms with Gasteiger partial charge in [0.05, 0.1) is 16.8 Å². The van der Waals surface area contributed by atoms with Gasteiger partial charge in [-0.15, -0.1) is 10.2 Å². The predicted molar refractivity (Wildman–Crippen MR) is 130 cm³/mol. The standard InChI is InChI=1S/C26H24F4N6O/c1-34(25(37)20-8-7-16(27)15-21(20)26(28,29)30)17-10-13-36(14-11-17)24-19-6-4-3-5-18(19)23(32-33-24)22-9-12-31-35(22)2/h3-9,12,15,17H,10-11,13-14H2,1-2H3/i1+2. The first-order valence-electron chi connectivity index (χ1n) is 11.8. The van der Waals surface area contributed by atoms with Crippen LogP contribution in [-0.4, -0.2) is 57.0 Å². The molecule has 11 heteroatoms. The highest BCUT2D eigenvalue weighted by molar-refractivity contribution is 6.00. The largest absolute Gasteiger partial charge is 0.417 e. The van der Waals surface area contributed by atoms with Crippen molar-refractivity contribution in [1.82, 2.24) is 24.9 Å². The Balaban J connectivity index is 1.36. The van der Waals surface area contributed by atoms with Gasteiger partial charge in [0.25, 0.3) is 5.91 Å². The summed E-state index contributed by atoms with van der Waals surface area (Å²) in [4.78, 5) is 16.4. The number of hydrogen-bond acceptors (Lipinski definition) is 5. The number of alkyl halides is 3. The van der Waals surface area contributed by atoms with Gasteiger partial charge in [-0.2, -0.15) is 18.3 Å². The molecule has 1 aliphatic heterocycles. The molecule has 0 bridgehead atoms. The lowest BCUT2D eigenvalue weighted by atomic mass is 10.0. The lowest BCUT2D eigenvalue weighted by Crippen LogP contribution is -2.46. The van der Waals surface area contributed by atoms with E-state index in [2.05, 4.69) is 20.2 Å². The molecule has 5 rings (SSSR count). The van der Waals surface area contributed by atoms with Crippen LogP contribution in [0, 0.1) is 5.82 Å². The molecule has 0 aliphatic carbocycles. The van der Waals surface area contributed by atoms with Crippen molar-refractivity contribution >= 4 is 22.5 Å². The van der Waals surface area contributed by atoms with Crippen LogP contribution in [0.2, 0.25) is 0 Å². The molecule has 0 radical (unpaired) electrons. The first-order valence-corrected chi connectivity index (χ1v) is 11.8. The van der Waals surface area contributed by atoms with Crippen LogP contribution >= 0.6 is 0 Å². The van der Waals surface area contributed by atoms with Crippen LogP contribution in [0.1, 0.15) is 28.8 Å². The summed E-state index contributed by atoms with van der Waals surface area (Å²) in [5, 5.41) is 15.1.